The maximum Gasteiger partial charge on any atom is 0.0708 e. The maximum atomic E-state index is 6.40. The Morgan fingerprint density at radius 1 is 1.06 bits per heavy atom. The van der Waals surface area contributed by atoms with Gasteiger partial charge in [0.2, 0.25) is 0 Å². The monoisotopic (exact) mass is 249 g/mol. The maximum absolute atomic E-state index is 6.40. The topological polar surface area (TPSA) is 21.3 Å². The molecule has 2 fully saturated rings. The van der Waals surface area contributed by atoms with E-state index in [-0.39, 0.29) is 5.60 Å². The minimum absolute atomic E-state index is 0.289. The number of hydrogen-bond donors (Lipinski definition) is 1. The fraction of sp³-hybridized carbons (Fsp3) is 0.875. The lowest BCUT2D eigenvalue weighted by Crippen LogP contribution is -2.38. The summed E-state index contributed by atoms with van der Waals surface area (Å²) in [5, 5.41) is 3.71. The summed E-state index contributed by atoms with van der Waals surface area (Å²) in [6, 6.07) is 0.696. The van der Waals surface area contributed by atoms with E-state index in [2.05, 4.69) is 17.5 Å². The van der Waals surface area contributed by atoms with E-state index >= 15 is 0 Å². The van der Waals surface area contributed by atoms with Crippen LogP contribution >= 0.6 is 0 Å². The van der Waals surface area contributed by atoms with Gasteiger partial charge in [-0.15, -0.1) is 0 Å². The first-order valence-corrected chi connectivity index (χ1v) is 7.93. The van der Waals surface area contributed by atoms with Gasteiger partial charge in [-0.2, -0.15) is 0 Å². The van der Waals surface area contributed by atoms with Crippen molar-refractivity contribution in [2.45, 2.75) is 82.0 Å². The molecule has 3 aliphatic rings. The van der Waals surface area contributed by atoms with Crippen LogP contribution in [0.2, 0.25) is 0 Å². The lowest BCUT2D eigenvalue weighted by molar-refractivity contribution is -0.0630. The lowest BCUT2D eigenvalue weighted by Gasteiger charge is -2.33. The third-order valence-electron chi connectivity index (χ3n) is 5.01. The zero-order chi connectivity index (χ0) is 12.3. The smallest absolute Gasteiger partial charge is 0.0708 e. The third-order valence-corrected chi connectivity index (χ3v) is 5.01. The SMILES string of the molecule is C1=CCC(NCC2CCC3(CCCCC3)O2)CC1. The average molecular weight is 249 g/mol. The molecule has 0 aromatic carbocycles. The summed E-state index contributed by atoms with van der Waals surface area (Å²) in [5.74, 6) is 0. The molecule has 1 aliphatic heterocycles. The predicted octanol–water partition coefficient (Wildman–Crippen LogP) is 3.57. The Morgan fingerprint density at radius 3 is 2.72 bits per heavy atom. The first-order chi connectivity index (χ1) is 8.86. The fourth-order valence-corrected chi connectivity index (χ4v) is 3.88. The number of rotatable bonds is 3. The zero-order valence-corrected chi connectivity index (χ0v) is 11.5. The van der Waals surface area contributed by atoms with Gasteiger partial charge in [0, 0.05) is 12.6 Å². The number of ether oxygens (including phenoxy) is 1. The molecule has 2 nitrogen and oxygen atoms in total. The van der Waals surface area contributed by atoms with Crippen molar-refractivity contribution in [1.82, 2.24) is 5.32 Å². The van der Waals surface area contributed by atoms with Crippen molar-refractivity contribution in [2.24, 2.45) is 0 Å². The predicted molar refractivity (Wildman–Crippen MR) is 74.7 cm³/mol. The fourth-order valence-electron chi connectivity index (χ4n) is 3.88. The normalized spacial score (nSPS) is 35.1. The molecule has 2 unspecified atom stereocenters. The Morgan fingerprint density at radius 2 is 1.94 bits per heavy atom. The molecule has 0 aromatic heterocycles. The second kappa shape index (κ2) is 5.75. The van der Waals surface area contributed by atoms with E-state index < -0.39 is 0 Å². The van der Waals surface area contributed by atoms with Gasteiger partial charge in [-0.25, -0.2) is 0 Å². The van der Waals surface area contributed by atoms with Crippen LogP contribution in [0.4, 0.5) is 0 Å². The Labute approximate surface area is 111 Å². The highest BCUT2D eigenvalue weighted by Gasteiger charge is 2.40. The number of allylic oxidation sites excluding steroid dienone is 1. The summed E-state index contributed by atoms with van der Waals surface area (Å²) >= 11 is 0. The molecule has 0 amide bonds. The molecule has 102 valence electrons. The van der Waals surface area contributed by atoms with Gasteiger partial charge in [-0.3, -0.25) is 0 Å². The molecule has 2 heteroatoms. The first-order valence-electron chi connectivity index (χ1n) is 7.93. The van der Waals surface area contributed by atoms with Crippen LogP contribution in [0.15, 0.2) is 12.2 Å². The minimum atomic E-state index is 0.289. The van der Waals surface area contributed by atoms with Gasteiger partial charge in [-0.05, 0) is 44.9 Å². The number of nitrogens with one attached hydrogen (secondary N) is 1. The van der Waals surface area contributed by atoms with E-state index in [9.17, 15) is 0 Å². The lowest BCUT2D eigenvalue weighted by atomic mass is 9.83. The summed E-state index contributed by atoms with van der Waals surface area (Å²) in [7, 11) is 0. The van der Waals surface area contributed by atoms with Crippen molar-refractivity contribution in [3.63, 3.8) is 0 Å². The molecule has 1 spiro atoms. The van der Waals surface area contributed by atoms with Crippen LogP contribution < -0.4 is 5.32 Å². The van der Waals surface area contributed by atoms with Crippen molar-refractivity contribution < 1.29 is 4.74 Å². The third kappa shape index (κ3) is 2.97. The van der Waals surface area contributed by atoms with Gasteiger partial charge in [0.1, 0.15) is 0 Å². The highest BCUT2D eigenvalue weighted by atomic mass is 16.5. The van der Waals surface area contributed by atoms with Crippen LogP contribution in [-0.2, 0) is 4.74 Å². The average Bonchev–Trinajstić information content (AvgIpc) is 2.82. The molecular weight excluding hydrogens is 222 g/mol. The van der Waals surface area contributed by atoms with E-state index in [4.69, 9.17) is 4.74 Å². The Bertz CT molecular complexity index is 293. The zero-order valence-electron chi connectivity index (χ0n) is 11.5. The summed E-state index contributed by atoms with van der Waals surface area (Å²) in [6.45, 7) is 1.07. The van der Waals surface area contributed by atoms with Crippen LogP contribution in [0.25, 0.3) is 0 Å². The van der Waals surface area contributed by atoms with Crippen molar-refractivity contribution in [3.8, 4) is 0 Å². The molecule has 18 heavy (non-hydrogen) atoms. The summed E-state index contributed by atoms with van der Waals surface area (Å²) in [5.41, 5.74) is 0.289. The largest absolute Gasteiger partial charge is 0.370 e. The standard InChI is InChI=1S/C16H27NO/c1-3-7-14(8-4-1)17-13-15-9-12-16(18-15)10-5-2-6-11-16/h1,3,14-15,17H,2,4-13H2. The van der Waals surface area contributed by atoms with E-state index in [1.807, 2.05) is 0 Å². The van der Waals surface area contributed by atoms with E-state index in [0.717, 1.165) is 6.54 Å². The van der Waals surface area contributed by atoms with Gasteiger partial charge in [-0.1, -0.05) is 31.4 Å². The van der Waals surface area contributed by atoms with Crippen LogP contribution in [0.5, 0.6) is 0 Å². The van der Waals surface area contributed by atoms with Crippen molar-refractivity contribution in [1.29, 1.82) is 0 Å². The van der Waals surface area contributed by atoms with Crippen LogP contribution in [0.3, 0.4) is 0 Å². The van der Waals surface area contributed by atoms with Crippen LogP contribution in [-0.4, -0.2) is 24.3 Å². The quantitative estimate of drug-likeness (QED) is 0.772. The molecule has 2 atom stereocenters. The first kappa shape index (κ1) is 12.7. The molecule has 2 aliphatic carbocycles. The highest BCUT2D eigenvalue weighted by molar-refractivity contribution is 4.95. The second-order valence-corrected chi connectivity index (χ2v) is 6.41. The molecule has 0 aromatic rings. The van der Waals surface area contributed by atoms with Gasteiger partial charge < -0.3 is 10.1 Å². The Balaban J connectivity index is 1.43. The van der Waals surface area contributed by atoms with Crippen LogP contribution in [0.1, 0.15) is 64.2 Å². The molecule has 1 N–H and O–H groups in total. The minimum Gasteiger partial charge on any atom is -0.370 e. The van der Waals surface area contributed by atoms with Crippen molar-refractivity contribution in [2.75, 3.05) is 6.54 Å². The molecule has 3 rings (SSSR count). The van der Waals surface area contributed by atoms with Gasteiger partial charge in [0.15, 0.2) is 0 Å². The van der Waals surface area contributed by atoms with Crippen LogP contribution in [0, 0.1) is 0 Å². The van der Waals surface area contributed by atoms with Gasteiger partial charge >= 0.3 is 0 Å². The summed E-state index contributed by atoms with van der Waals surface area (Å²) in [6.07, 6.45) is 18.3. The molecule has 1 saturated heterocycles. The molecule has 0 bridgehead atoms. The molecule has 0 radical (unpaired) electrons. The van der Waals surface area contributed by atoms with E-state index in [1.54, 1.807) is 0 Å². The second-order valence-electron chi connectivity index (χ2n) is 6.41. The van der Waals surface area contributed by atoms with Gasteiger partial charge in [0.25, 0.3) is 0 Å². The van der Waals surface area contributed by atoms with E-state index in [0.29, 0.717) is 12.1 Å². The molecular formula is C16H27NO. The van der Waals surface area contributed by atoms with Crippen molar-refractivity contribution >= 4 is 0 Å². The summed E-state index contributed by atoms with van der Waals surface area (Å²) in [4.78, 5) is 0. The van der Waals surface area contributed by atoms with E-state index in [1.165, 1.54) is 64.2 Å². The van der Waals surface area contributed by atoms with Gasteiger partial charge in [0.05, 0.1) is 11.7 Å². The molecule has 1 saturated carbocycles. The summed E-state index contributed by atoms with van der Waals surface area (Å²) < 4.78 is 6.40. The number of hydrogen-bond acceptors (Lipinski definition) is 2. The van der Waals surface area contributed by atoms with Crippen molar-refractivity contribution in [3.05, 3.63) is 12.2 Å². The Hall–Kier alpha value is -0.340. The Kier molecular flexibility index (Phi) is 4.05. The highest BCUT2D eigenvalue weighted by Crippen LogP contribution is 2.41. The molecule has 1 heterocycles.